The number of aromatic nitrogens is 6. The predicted octanol–water partition coefficient (Wildman–Crippen LogP) is 4.36. The second kappa shape index (κ2) is 6.95. The summed E-state index contributed by atoms with van der Waals surface area (Å²) in [6.07, 6.45) is 2.06. The van der Waals surface area contributed by atoms with Gasteiger partial charge in [-0.15, -0.1) is 15.3 Å². The molecule has 0 fully saturated rings. The minimum absolute atomic E-state index is 0.00978. The van der Waals surface area contributed by atoms with Crippen LogP contribution in [0.15, 0.2) is 42.6 Å². The van der Waals surface area contributed by atoms with Crippen molar-refractivity contribution in [2.24, 2.45) is 0 Å². The Morgan fingerprint density at radius 2 is 1.79 bits per heavy atom. The van der Waals surface area contributed by atoms with Crippen LogP contribution in [0.2, 0.25) is 0 Å². The Hall–Kier alpha value is -3.29. The molecule has 150 valence electrons. The molecule has 4 rings (SSSR count). The molecule has 8 heteroatoms. The molecule has 0 radical (unpaired) electrons. The smallest absolute Gasteiger partial charge is 0.188 e. The van der Waals surface area contributed by atoms with E-state index in [0.717, 1.165) is 11.3 Å². The van der Waals surface area contributed by atoms with Gasteiger partial charge in [0.25, 0.3) is 0 Å². The first-order valence-electron chi connectivity index (χ1n) is 9.54. The fourth-order valence-electron chi connectivity index (χ4n) is 3.22. The topological polar surface area (TPSA) is 72.9 Å². The second-order valence-electron chi connectivity index (χ2n) is 8.14. The van der Waals surface area contributed by atoms with Crippen LogP contribution in [0.25, 0.3) is 17.0 Å². The molecule has 0 amide bonds. The van der Waals surface area contributed by atoms with Crippen molar-refractivity contribution in [2.45, 2.75) is 46.2 Å². The number of nitrogens with zero attached hydrogens (tertiary/aromatic N) is 6. The summed E-state index contributed by atoms with van der Waals surface area (Å²) in [4.78, 5) is 0. The van der Waals surface area contributed by atoms with E-state index in [1.165, 1.54) is 6.07 Å². The lowest BCUT2D eigenvalue weighted by atomic mass is 10.1. The van der Waals surface area contributed by atoms with Crippen molar-refractivity contribution in [2.75, 3.05) is 5.32 Å². The molecule has 1 N–H and O–H groups in total. The van der Waals surface area contributed by atoms with E-state index in [2.05, 4.69) is 59.6 Å². The standard InChI is InChI=1S/C21H24FN7/c1-13(16-12-28(21(3,4)5)26-14(16)2)23-18-10-11-19-24-25-20(29(19)27-18)15-8-6-7-9-17(15)22/h6-13H,1-5H3,(H,23,27). The Labute approximate surface area is 168 Å². The number of fused-ring (bicyclic) bond motifs is 1. The van der Waals surface area contributed by atoms with Gasteiger partial charge in [-0.3, -0.25) is 4.68 Å². The van der Waals surface area contributed by atoms with Crippen LogP contribution >= 0.6 is 0 Å². The Morgan fingerprint density at radius 1 is 1.03 bits per heavy atom. The van der Waals surface area contributed by atoms with Gasteiger partial charge in [-0.05, 0) is 58.9 Å². The fraction of sp³-hybridized carbons (Fsp3) is 0.333. The van der Waals surface area contributed by atoms with Gasteiger partial charge in [0.2, 0.25) is 0 Å². The average Bonchev–Trinajstić information content (AvgIpc) is 3.25. The first-order chi connectivity index (χ1) is 13.7. The van der Waals surface area contributed by atoms with Crippen molar-refractivity contribution in [3.05, 3.63) is 59.7 Å². The third-order valence-electron chi connectivity index (χ3n) is 4.83. The molecule has 3 aromatic heterocycles. The molecule has 1 aromatic carbocycles. The zero-order chi connectivity index (χ0) is 20.8. The van der Waals surface area contributed by atoms with Crippen molar-refractivity contribution >= 4 is 11.5 Å². The van der Waals surface area contributed by atoms with Crippen LogP contribution in [0.1, 0.15) is 45.0 Å². The molecule has 0 saturated heterocycles. The van der Waals surface area contributed by atoms with Crippen LogP contribution in [-0.2, 0) is 5.54 Å². The van der Waals surface area contributed by atoms with Gasteiger partial charge >= 0.3 is 0 Å². The SMILES string of the molecule is Cc1nn(C(C)(C)C)cc1C(C)Nc1ccc2nnc(-c3ccccc3F)n2n1. The lowest BCUT2D eigenvalue weighted by Gasteiger charge is -2.19. The highest BCUT2D eigenvalue weighted by molar-refractivity contribution is 5.60. The van der Waals surface area contributed by atoms with E-state index >= 15 is 0 Å². The number of anilines is 1. The lowest BCUT2D eigenvalue weighted by molar-refractivity contribution is 0.354. The molecule has 7 nitrogen and oxygen atoms in total. The highest BCUT2D eigenvalue weighted by atomic mass is 19.1. The van der Waals surface area contributed by atoms with Gasteiger partial charge < -0.3 is 5.32 Å². The molecular formula is C21H24FN7. The van der Waals surface area contributed by atoms with E-state index in [-0.39, 0.29) is 17.4 Å². The fourth-order valence-corrected chi connectivity index (χ4v) is 3.22. The van der Waals surface area contributed by atoms with Gasteiger partial charge in [0.15, 0.2) is 11.5 Å². The minimum Gasteiger partial charge on any atom is -0.362 e. The Balaban J connectivity index is 1.66. The maximum atomic E-state index is 14.2. The first-order valence-corrected chi connectivity index (χ1v) is 9.54. The Kier molecular flexibility index (Phi) is 4.56. The minimum atomic E-state index is -0.361. The van der Waals surface area contributed by atoms with E-state index in [4.69, 9.17) is 0 Å². The summed E-state index contributed by atoms with van der Waals surface area (Å²) < 4.78 is 17.8. The molecule has 29 heavy (non-hydrogen) atoms. The van der Waals surface area contributed by atoms with Crippen LogP contribution in [-0.4, -0.2) is 29.6 Å². The van der Waals surface area contributed by atoms with E-state index in [1.807, 2.05) is 23.7 Å². The van der Waals surface area contributed by atoms with Crippen molar-refractivity contribution in [3.8, 4) is 11.4 Å². The van der Waals surface area contributed by atoms with Gasteiger partial charge in [-0.2, -0.15) is 9.61 Å². The number of hydrogen-bond donors (Lipinski definition) is 1. The van der Waals surface area contributed by atoms with Crippen LogP contribution in [0.5, 0.6) is 0 Å². The van der Waals surface area contributed by atoms with Crippen LogP contribution < -0.4 is 5.32 Å². The summed E-state index contributed by atoms with van der Waals surface area (Å²) in [5.74, 6) is 0.650. The summed E-state index contributed by atoms with van der Waals surface area (Å²) in [5, 5.41) is 20.9. The third kappa shape index (κ3) is 3.57. The van der Waals surface area contributed by atoms with Gasteiger partial charge in [-0.1, -0.05) is 12.1 Å². The Morgan fingerprint density at radius 3 is 2.48 bits per heavy atom. The zero-order valence-corrected chi connectivity index (χ0v) is 17.2. The van der Waals surface area contributed by atoms with Crippen molar-refractivity contribution < 1.29 is 4.39 Å². The number of nitrogens with one attached hydrogen (secondary N) is 1. The molecule has 4 aromatic rings. The van der Waals surface area contributed by atoms with Crippen LogP contribution in [0.4, 0.5) is 10.2 Å². The summed E-state index contributed by atoms with van der Waals surface area (Å²) in [7, 11) is 0. The van der Waals surface area contributed by atoms with Gasteiger partial charge in [0.1, 0.15) is 11.6 Å². The molecule has 3 heterocycles. The predicted molar refractivity (Wildman–Crippen MR) is 110 cm³/mol. The number of rotatable bonds is 4. The van der Waals surface area contributed by atoms with Crippen molar-refractivity contribution in [3.63, 3.8) is 0 Å². The molecule has 0 aliphatic carbocycles. The summed E-state index contributed by atoms with van der Waals surface area (Å²) >= 11 is 0. The summed E-state index contributed by atoms with van der Waals surface area (Å²) in [5.41, 5.74) is 2.90. The molecule has 0 aliphatic rings. The molecule has 0 bridgehead atoms. The lowest BCUT2D eigenvalue weighted by Crippen LogP contribution is -2.22. The first kappa shape index (κ1) is 19.0. The number of aryl methyl sites for hydroxylation is 1. The van der Waals surface area contributed by atoms with Crippen molar-refractivity contribution in [1.29, 1.82) is 0 Å². The maximum Gasteiger partial charge on any atom is 0.188 e. The Bertz CT molecular complexity index is 1170. The van der Waals surface area contributed by atoms with E-state index in [9.17, 15) is 4.39 Å². The third-order valence-corrected chi connectivity index (χ3v) is 4.83. The largest absolute Gasteiger partial charge is 0.362 e. The quantitative estimate of drug-likeness (QED) is 0.558. The highest BCUT2D eigenvalue weighted by Gasteiger charge is 2.20. The highest BCUT2D eigenvalue weighted by Crippen LogP contribution is 2.25. The second-order valence-corrected chi connectivity index (χ2v) is 8.14. The molecular weight excluding hydrogens is 369 g/mol. The summed E-state index contributed by atoms with van der Waals surface area (Å²) in [6, 6.07) is 10.1. The normalized spacial score (nSPS) is 13.0. The number of hydrogen-bond acceptors (Lipinski definition) is 5. The number of halogens is 1. The molecule has 1 unspecified atom stereocenters. The van der Waals surface area contributed by atoms with Crippen molar-refractivity contribution in [1.82, 2.24) is 29.6 Å². The monoisotopic (exact) mass is 393 g/mol. The zero-order valence-electron chi connectivity index (χ0n) is 17.2. The van der Waals surface area contributed by atoms with Crippen LogP contribution in [0.3, 0.4) is 0 Å². The maximum absolute atomic E-state index is 14.2. The number of benzene rings is 1. The van der Waals surface area contributed by atoms with Gasteiger partial charge in [0.05, 0.1) is 22.8 Å². The van der Waals surface area contributed by atoms with Gasteiger partial charge in [-0.25, -0.2) is 4.39 Å². The molecule has 0 saturated carbocycles. The van der Waals surface area contributed by atoms with E-state index in [0.29, 0.717) is 22.9 Å². The molecule has 1 atom stereocenters. The van der Waals surface area contributed by atoms with Gasteiger partial charge in [0, 0.05) is 11.8 Å². The molecule has 0 spiro atoms. The summed E-state index contributed by atoms with van der Waals surface area (Å²) in [6.45, 7) is 10.4. The van der Waals surface area contributed by atoms with E-state index in [1.54, 1.807) is 22.7 Å². The van der Waals surface area contributed by atoms with E-state index < -0.39 is 0 Å². The average molecular weight is 393 g/mol. The molecule has 0 aliphatic heterocycles. The van der Waals surface area contributed by atoms with Crippen LogP contribution in [0, 0.1) is 12.7 Å².